The molecule has 132 valence electrons. The van der Waals surface area contributed by atoms with Crippen molar-refractivity contribution in [2.24, 2.45) is 0 Å². The molecule has 0 bridgehead atoms. The summed E-state index contributed by atoms with van der Waals surface area (Å²) >= 11 is 0. The molecule has 0 radical (unpaired) electrons. The van der Waals surface area contributed by atoms with E-state index >= 15 is 0 Å². The van der Waals surface area contributed by atoms with Gasteiger partial charge < -0.3 is 9.84 Å². The van der Waals surface area contributed by atoms with Crippen molar-refractivity contribution in [3.05, 3.63) is 0 Å². The number of ether oxygens (including phenoxy) is 1. The Hall–Kier alpha value is -0.0800. The van der Waals surface area contributed by atoms with Crippen LogP contribution in [0, 0.1) is 0 Å². The molecule has 0 aromatic heterocycles. The highest BCUT2D eigenvalue weighted by Gasteiger charge is 2.36. The van der Waals surface area contributed by atoms with E-state index in [2.05, 4.69) is 13.8 Å². The Kier molecular flexibility index (Phi) is 12.1. The molecule has 0 aromatic rings. The zero-order valence-electron chi connectivity index (χ0n) is 15.2. The lowest BCUT2D eigenvalue weighted by Crippen LogP contribution is -2.03. The average Bonchev–Trinajstić information content (AvgIpc) is 3.28. The number of aliphatic hydroxyl groups excluding tert-OH is 1. The summed E-state index contributed by atoms with van der Waals surface area (Å²) in [4.78, 5) is 0. The van der Waals surface area contributed by atoms with E-state index in [1.54, 1.807) is 0 Å². The summed E-state index contributed by atoms with van der Waals surface area (Å²) in [6, 6.07) is 0. The first-order chi connectivity index (χ1) is 10.8. The number of epoxide rings is 1. The molecule has 1 heterocycles. The third-order valence-corrected chi connectivity index (χ3v) is 5.03. The minimum Gasteiger partial charge on any atom is -0.393 e. The van der Waals surface area contributed by atoms with Gasteiger partial charge in [0.05, 0.1) is 18.3 Å². The Bertz CT molecular complexity index is 242. The van der Waals surface area contributed by atoms with Crippen LogP contribution >= 0.6 is 0 Å². The van der Waals surface area contributed by atoms with Gasteiger partial charge in [-0.25, -0.2) is 0 Å². The number of unbranched alkanes of at least 4 members (excludes halogenated alkanes) is 9. The first kappa shape index (κ1) is 20.0. The van der Waals surface area contributed by atoms with Crippen LogP contribution in [0.25, 0.3) is 0 Å². The molecule has 0 spiro atoms. The quantitative estimate of drug-likeness (QED) is 0.280. The van der Waals surface area contributed by atoms with Crippen LogP contribution in [-0.2, 0) is 4.74 Å². The van der Waals surface area contributed by atoms with Gasteiger partial charge in [-0.3, -0.25) is 0 Å². The molecule has 0 aromatic carbocycles. The van der Waals surface area contributed by atoms with Crippen LogP contribution in [0.1, 0.15) is 110 Å². The maximum atomic E-state index is 9.49. The Morgan fingerprint density at radius 1 is 0.727 bits per heavy atom. The van der Waals surface area contributed by atoms with Crippen molar-refractivity contribution in [3.8, 4) is 0 Å². The lowest BCUT2D eigenvalue weighted by atomic mass is 10.0. The molecule has 3 atom stereocenters. The van der Waals surface area contributed by atoms with Crippen molar-refractivity contribution >= 4 is 0 Å². The normalized spacial score (nSPS) is 22.0. The van der Waals surface area contributed by atoms with Gasteiger partial charge in [-0.05, 0) is 25.7 Å². The van der Waals surface area contributed by atoms with E-state index in [1.807, 2.05) is 0 Å². The Labute approximate surface area is 139 Å². The third kappa shape index (κ3) is 10.6. The summed E-state index contributed by atoms with van der Waals surface area (Å²) in [7, 11) is 0. The molecular weight excluding hydrogens is 272 g/mol. The van der Waals surface area contributed by atoms with Gasteiger partial charge in [0.15, 0.2) is 0 Å². The van der Waals surface area contributed by atoms with Crippen molar-refractivity contribution in [3.63, 3.8) is 0 Å². The highest BCUT2D eigenvalue weighted by atomic mass is 16.6. The van der Waals surface area contributed by atoms with Crippen LogP contribution in [0.5, 0.6) is 0 Å². The monoisotopic (exact) mass is 312 g/mol. The number of aliphatic hydroxyl groups is 1. The third-order valence-electron chi connectivity index (χ3n) is 5.03. The van der Waals surface area contributed by atoms with Gasteiger partial charge in [0.1, 0.15) is 0 Å². The van der Waals surface area contributed by atoms with Gasteiger partial charge in [-0.15, -0.1) is 0 Å². The molecule has 1 aliphatic rings. The predicted octanol–water partition coefficient (Wildman–Crippen LogP) is 6.01. The van der Waals surface area contributed by atoms with Crippen LogP contribution in [0.15, 0.2) is 0 Å². The summed E-state index contributed by atoms with van der Waals surface area (Å²) in [5, 5.41) is 9.49. The smallest absolute Gasteiger partial charge is 0.0841 e. The average molecular weight is 313 g/mol. The number of hydrogen-bond acceptors (Lipinski definition) is 2. The molecule has 2 heteroatoms. The van der Waals surface area contributed by atoms with Gasteiger partial charge >= 0.3 is 0 Å². The molecule has 0 amide bonds. The van der Waals surface area contributed by atoms with E-state index < -0.39 is 0 Å². The van der Waals surface area contributed by atoms with E-state index in [0.717, 1.165) is 12.8 Å². The molecular formula is C20H40O2. The summed E-state index contributed by atoms with van der Waals surface area (Å²) in [6.07, 6.45) is 20.4. The van der Waals surface area contributed by atoms with Gasteiger partial charge in [-0.1, -0.05) is 84.5 Å². The highest BCUT2D eigenvalue weighted by Crippen LogP contribution is 2.31. The fraction of sp³-hybridized carbons (Fsp3) is 1.00. The van der Waals surface area contributed by atoms with E-state index in [9.17, 15) is 5.11 Å². The van der Waals surface area contributed by atoms with Crippen molar-refractivity contribution < 1.29 is 9.84 Å². The largest absolute Gasteiger partial charge is 0.393 e. The molecule has 3 unspecified atom stereocenters. The Morgan fingerprint density at radius 3 is 1.77 bits per heavy atom. The molecule has 1 fully saturated rings. The second-order valence-corrected chi connectivity index (χ2v) is 7.18. The second kappa shape index (κ2) is 13.4. The van der Waals surface area contributed by atoms with Crippen molar-refractivity contribution in [1.82, 2.24) is 0 Å². The molecule has 22 heavy (non-hydrogen) atoms. The van der Waals surface area contributed by atoms with Crippen LogP contribution in [0.4, 0.5) is 0 Å². The fourth-order valence-electron chi connectivity index (χ4n) is 3.27. The maximum absolute atomic E-state index is 9.49. The number of rotatable bonds is 16. The standard InChI is InChI=1S/C20H40O2/c1-3-5-6-7-10-13-16-19-20(22-19)17-14-11-8-9-12-15-18(21)4-2/h18-21H,3-17H2,1-2H3. The summed E-state index contributed by atoms with van der Waals surface area (Å²) in [5.74, 6) is 0. The van der Waals surface area contributed by atoms with Crippen molar-refractivity contribution in [2.75, 3.05) is 0 Å². The zero-order chi connectivity index (χ0) is 16.0. The van der Waals surface area contributed by atoms with E-state index in [0.29, 0.717) is 12.2 Å². The Balaban J connectivity index is 1.76. The van der Waals surface area contributed by atoms with E-state index in [1.165, 1.54) is 83.5 Å². The molecule has 0 aliphatic carbocycles. The molecule has 1 rings (SSSR count). The first-order valence-corrected chi connectivity index (χ1v) is 10.1. The van der Waals surface area contributed by atoms with Crippen molar-refractivity contribution in [2.45, 2.75) is 128 Å². The molecule has 1 N–H and O–H groups in total. The van der Waals surface area contributed by atoms with E-state index in [-0.39, 0.29) is 6.10 Å². The zero-order valence-corrected chi connectivity index (χ0v) is 15.2. The molecule has 1 aliphatic heterocycles. The van der Waals surface area contributed by atoms with Crippen molar-refractivity contribution in [1.29, 1.82) is 0 Å². The fourth-order valence-corrected chi connectivity index (χ4v) is 3.27. The van der Waals surface area contributed by atoms with Gasteiger partial charge in [0, 0.05) is 0 Å². The van der Waals surface area contributed by atoms with Gasteiger partial charge in [0.2, 0.25) is 0 Å². The van der Waals surface area contributed by atoms with Gasteiger partial charge in [0.25, 0.3) is 0 Å². The van der Waals surface area contributed by atoms with Crippen LogP contribution < -0.4 is 0 Å². The topological polar surface area (TPSA) is 32.8 Å². The van der Waals surface area contributed by atoms with E-state index in [4.69, 9.17) is 4.74 Å². The van der Waals surface area contributed by atoms with Crippen LogP contribution in [0.3, 0.4) is 0 Å². The first-order valence-electron chi connectivity index (χ1n) is 10.1. The Morgan fingerprint density at radius 2 is 1.23 bits per heavy atom. The minimum absolute atomic E-state index is 0.0670. The van der Waals surface area contributed by atoms with Crippen LogP contribution in [0.2, 0.25) is 0 Å². The second-order valence-electron chi connectivity index (χ2n) is 7.18. The molecule has 2 nitrogen and oxygen atoms in total. The minimum atomic E-state index is -0.0670. The van der Waals surface area contributed by atoms with Crippen LogP contribution in [-0.4, -0.2) is 23.4 Å². The summed E-state index contributed by atoms with van der Waals surface area (Å²) < 4.78 is 5.79. The summed E-state index contributed by atoms with van der Waals surface area (Å²) in [6.45, 7) is 4.33. The molecule has 0 saturated carbocycles. The highest BCUT2D eigenvalue weighted by molar-refractivity contribution is 4.84. The lowest BCUT2D eigenvalue weighted by molar-refractivity contribution is 0.156. The molecule has 1 saturated heterocycles. The van der Waals surface area contributed by atoms with Gasteiger partial charge in [-0.2, -0.15) is 0 Å². The summed E-state index contributed by atoms with van der Waals surface area (Å²) in [5.41, 5.74) is 0. The maximum Gasteiger partial charge on any atom is 0.0841 e. The predicted molar refractivity (Wildman–Crippen MR) is 95.3 cm³/mol. The lowest BCUT2D eigenvalue weighted by Gasteiger charge is -2.06. The number of hydrogen-bond donors (Lipinski definition) is 1. The SMILES string of the molecule is CCCCCCCCC1OC1CCCCCCCC(O)CC.